The van der Waals surface area contributed by atoms with Crippen molar-refractivity contribution in [1.82, 2.24) is 10.1 Å². The number of nitro groups is 2. The second-order valence-corrected chi connectivity index (χ2v) is 8.54. The average molecular weight is 552 g/mol. The van der Waals surface area contributed by atoms with Crippen LogP contribution in [-0.4, -0.2) is 43.6 Å². The van der Waals surface area contributed by atoms with Crippen LogP contribution in [0, 0.1) is 20.2 Å². The van der Waals surface area contributed by atoms with E-state index in [0.29, 0.717) is 0 Å². The standard InChI is InChI=1S/C16H6N4O9.C12H10/c21-13-7-3-1-5-9(19(25)26)11(7)15(23)17(13)29-18-14(22)8-4-2-6-10(20(27)28)12(8)16(18)24;1-3-7-11(8-4-1)12-9-5-2-6-10-12/h1-6H;1-10H. The summed E-state index contributed by atoms with van der Waals surface area (Å²) < 4.78 is 0. The van der Waals surface area contributed by atoms with E-state index < -0.39 is 56.0 Å². The average Bonchev–Trinajstić information content (AvgIpc) is 3.38. The highest BCUT2D eigenvalue weighted by atomic mass is 16.9. The predicted molar refractivity (Wildman–Crippen MR) is 140 cm³/mol. The minimum atomic E-state index is -1.26. The van der Waals surface area contributed by atoms with Gasteiger partial charge in [0.15, 0.2) is 0 Å². The molecule has 4 amide bonds. The largest absolute Gasteiger partial charge is 0.294 e. The Labute approximate surface area is 230 Å². The fraction of sp³-hybridized carbons (Fsp3) is 0. The number of carbonyl (C=O) groups is 4. The maximum atomic E-state index is 12.5. The van der Waals surface area contributed by atoms with E-state index in [1.807, 2.05) is 12.1 Å². The van der Waals surface area contributed by atoms with Gasteiger partial charge in [0.05, 0.1) is 21.0 Å². The molecule has 2 aliphatic rings. The summed E-state index contributed by atoms with van der Waals surface area (Å²) in [6, 6.07) is 27.4. The summed E-state index contributed by atoms with van der Waals surface area (Å²) in [6.45, 7) is 0. The van der Waals surface area contributed by atoms with E-state index in [2.05, 4.69) is 48.5 Å². The number of carbonyl (C=O) groups excluding carboxylic acids is 4. The summed E-state index contributed by atoms with van der Waals surface area (Å²) in [5.41, 5.74) is -0.611. The third-order valence-electron chi connectivity index (χ3n) is 6.15. The lowest BCUT2D eigenvalue weighted by molar-refractivity contribution is -0.385. The molecular formula is C28H16N4O9. The van der Waals surface area contributed by atoms with Gasteiger partial charge in [-0.1, -0.05) is 72.8 Å². The summed E-state index contributed by atoms with van der Waals surface area (Å²) in [5.74, 6) is -4.80. The van der Waals surface area contributed by atoms with Crippen LogP contribution in [-0.2, 0) is 4.94 Å². The summed E-state index contributed by atoms with van der Waals surface area (Å²) >= 11 is 0. The smallest absolute Gasteiger partial charge is 0.266 e. The minimum Gasteiger partial charge on any atom is -0.266 e. The molecule has 6 rings (SSSR count). The van der Waals surface area contributed by atoms with Crippen LogP contribution in [0.25, 0.3) is 11.1 Å². The fourth-order valence-corrected chi connectivity index (χ4v) is 4.29. The van der Waals surface area contributed by atoms with E-state index in [1.165, 1.54) is 23.3 Å². The molecule has 0 radical (unpaired) electrons. The third kappa shape index (κ3) is 4.68. The van der Waals surface area contributed by atoms with Crippen molar-refractivity contribution in [2.75, 3.05) is 0 Å². The molecular weight excluding hydrogens is 536 g/mol. The van der Waals surface area contributed by atoms with Gasteiger partial charge in [0.1, 0.15) is 11.1 Å². The predicted octanol–water partition coefficient (Wildman–Crippen LogP) is 4.60. The van der Waals surface area contributed by atoms with Crippen LogP contribution in [0.15, 0.2) is 97.1 Å². The first-order valence-electron chi connectivity index (χ1n) is 11.8. The van der Waals surface area contributed by atoms with Gasteiger partial charge in [-0.15, -0.1) is 15.1 Å². The molecule has 0 saturated carbocycles. The van der Waals surface area contributed by atoms with E-state index in [9.17, 15) is 39.4 Å². The Hall–Kier alpha value is -6.08. The lowest BCUT2D eigenvalue weighted by Gasteiger charge is -2.18. The Balaban J connectivity index is 0.000000234. The Morgan fingerprint density at radius 1 is 0.488 bits per heavy atom. The van der Waals surface area contributed by atoms with Gasteiger partial charge in [-0.25, -0.2) is 0 Å². The zero-order valence-electron chi connectivity index (χ0n) is 20.7. The molecule has 4 aromatic carbocycles. The number of imide groups is 2. The highest BCUT2D eigenvalue weighted by Gasteiger charge is 2.48. The molecule has 41 heavy (non-hydrogen) atoms. The number of fused-ring (bicyclic) bond motifs is 2. The highest BCUT2D eigenvalue weighted by Crippen LogP contribution is 2.34. The number of hydrogen-bond donors (Lipinski definition) is 0. The van der Waals surface area contributed by atoms with Gasteiger partial charge in [-0.3, -0.25) is 39.4 Å². The maximum absolute atomic E-state index is 12.5. The number of nitro benzene ring substituents is 2. The van der Waals surface area contributed by atoms with Crippen molar-refractivity contribution in [3.05, 3.63) is 140 Å². The number of hydroxylamine groups is 4. The lowest BCUT2D eigenvalue weighted by atomic mass is 10.1. The Bertz CT molecular complexity index is 1630. The van der Waals surface area contributed by atoms with E-state index in [-0.39, 0.29) is 21.3 Å². The number of amides is 4. The second-order valence-electron chi connectivity index (χ2n) is 8.54. The van der Waals surface area contributed by atoms with Crippen LogP contribution in [0.2, 0.25) is 0 Å². The van der Waals surface area contributed by atoms with Crippen molar-refractivity contribution in [1.29, 1.82) is 0 Å². The van der Waals surface area contributed by atoms with Gasteiger partial charge in [0.25, 0.3) is 35.0 Å². The topological polar surface area (TPSA) is 170 Å². The molecule has 13 heteroatoms. The van der Waals surface area contributed by atoms with Crippen molar-refractivity contribution >= 4 is 35.0 Å². The van der Waals surface area contributed by atoms with Crippen molar-refractivity contribution in [3.8, 4) is 11.1 Å². The van der Waals surface area contributed by atoms with E-state index in [4.69, 9.17) is 4.94 Å². The molecule has 0 atom stereocenters. The first-order chi connectivity index (χ1) is 19.7. The summed E-state index contributed by atoms with van der Waals surface area (Å²) in [5, 5.41) is 22.3. The molecule has 2 aliphatic heterocycles. The van der Waals surface area contributed by atoms with Crippen molar-refractivity contribution < 1.29 is 34.0 Å². The molecule has 202 valence electrons. The van der Waals surface area contributed by atoms with E-state index in [1.54, 1.807) is 0 Å². The van der Waals surface area contributed by atoms with Gasteiger partial charge < -0.3 is 0 Å². The number of rotatable bonds is 5. The monoisotopic (exact) mass is 552 g/mol. The summed E-state index contributed by atoms with van der Waals surface area (Å²) in [4.78, 5) is 75.2. The molecule has 13 nitrogen and oxygen atoms in total. The maximum Gasteiger partial charge on any atom is 0.294 e. The van der Waals surface area contributed by atoms with Crippen molar-refractivity contribution in [2.24, 2.45) is 0 Å². The zero-order chi connectivity index (χ0) is 29.3. The van der Waals surface area contributed by atoms with Gasteiger partial charge in [-0.2, -0.15) is 0 Å². The zero-order valence-corrected chi connectivity index (χ0v) is 20.7. The SMILES string of the molecule is O=C1c2cccc([N+](=O)[O-])c2C(=O)N1ON1C(=O)c2cccc([N+](=O)[O-])c2C1=O.c1ccc(-c2ccccc2)cc1. The minimum absolute atomic E-state index is 0.0190. The molecule has 4 aromatic rings. The van der Waals surface area contributed by atoms with Crippen LogP contribution >= 0.6 is 0 Å². The van der Waals surface area contributed by atoms with Gasteiger partial charge in [0, 0.05) is 12.1 Å². The van der Waals surface area contributed by atoms with Crippen LogP contribution in [0.3, 0.4) is 0 Å². The second kappa shape index (κ2) is 10.6. The molecule has 0 spiro atoms. The van der Waals surface area contributed by atoms with E-state index >= 15 is 0 Å². The Kier molecular flexibility index (Phi) is 6.85. The number of benzene rings is 4. The number of hydrogen-bond acceptors (Lipinski definition) is 9. The van der Waals surface area contributed by atoms with Gasteiger partial charge in [-0.05, 0) is 23.3 Å². The van der Waals surface area contributed by atoms with Gasteiger partial charge >= 0.3 is 0 Å². The first kappa shape index (κ1) is 26.5. The molecule has 0 bridgehead atoms. The molecule has 0 unspecified atom stereocenters. The first-order valence-corrected chi connectivity index (χ1v) is 11.8. The van der Waals surface area contributed by atoms with E-state index in [0.717, 1.165) is 24.3 Å². The van der Waals surface area contributed by atoms with Gasteiger partial charge in [0.2, 0.25) is 0 Å². The summed E-state index contributed by atoms with van der Waals surface area (Å²) in [6.07, 6.45) is 0. The Morgan fingerprint density at radius 2 is 0.854 bits per heavy atom. The lowest BCUT2D eigenvalue weighted by Crippen LogP contribution is -2.41. The highest BCUT2D eigenvalue weighted by molar-refractivity contribution is 6.24. The molecule has 0 saturated heterocycles. The molecule has 0 fully saturated rings. The number of nitrogens with zero attached hydrogens (tertiary/aromatic N) is 4. The molecule has 0 aromatic heterocycles. The van der Waals surface area contributed by atoms with Crippen molar-refractivity contribution in [3.63, 3.8) is 0 Å². The van der Waals surface area contributed by atoms with Crippen LogP contribution in [0.1, 0.15) is 41.4 Å². The van der Waals surface area contributed by atoms with Crippen molar-refractivity contribution in [2.45, 2.75) is 0 Å². The summed E-state index contributed by atoms with van der Waals surface area (Å²) in [7, 11) is 0. The molecule has 0 N–H and O–H groups in total. The third-order valence-corrected chi connectivity index (χ3v) is 6.15. The normalized spacial score (nSPS) is 13.5. The van der Waals surface area contributed by atoms with Crippen LogP contribution < -0.4 is 0 Å². The molecule has 0 aliphatic carbocycles. The Morgan fingerprint density at radius 3 is 1.20 bits per heavy atom. The fourth-order valence-electron chi connectivity index (χ4n) is 4.29. The van der Waals surface area contributed by atoms with Crippen LogP contribution in [0.5, 0.6) is 0 Å². The molecule has 2 heterocycles. The quantitative estimate of drug-likeness (QED) is 0.195. The van der Waals surface area contributed by atoms with Crippen LogP contribution in [0.4, 0.5) is 11.4 Å².